The number of benzene rings is 1. The monoisotopic (exact) mass is 405 g/mol. The molecule has 0 aromatic heterocycles. The Kier molecular flexibility index (Phi) is 5.34. The maximum Gasteiger partial charge on any atom is 0.239 e. The summed E-state index contributed by atoms with van der Waals surface area (Å²) in [5.74, 6) is 0.300. The van der Waals surface area contributed by atoms with Crippen LogP contribution in [0.5, 0.6) is 0 Å². The standard InChI is InChI=1S/C21H25ClFN3O2/c22-26(13-20(27)25-7-1-2-18(25)12-24)19-8-14-10-21(28,11-15(14)9-19)16-3-5-17(23)6-4-16/h3-6,14-15,18-19,28H,1-2,7-11,13H2/t14-,15+,18-,19-,21?/m0/s1. The van der Waals surface area contributed by atoms with Crippen molar-refractivity contribution in [2.75, 3.05) is 13.1 Å². The number of rotatable bonds is 4. The summed E-state index contributed by atoms with van der Waals surface area (Å²) in [6.07, 6.45) is 4.56. The minimum atomic E-state index is -0.906. The molecule has 1 aromatic rings. The fourth-order valence-electron chi connectivity index (χ4n) is 5.40. The Bertz CT molecular complexity index is 767. The SMILES string of the molecule is N#C[C@@H]1CCCN1C(=O)CN(Cl)[C@@H]1C[C@@H]2CC(O)(c3ccc(F)cc3)C[C@@H]2C1. The van der Waals surface area contributed by atoms with Crippen LogP contribution in [0.25, 0.3) is 0 Å². The number of halogens is 2. The first-order valence-corrected chi connectivity index (χ1v) is 10.3. The van der Waals surface area contributed by atoms with Crippen LogP contribution in [0.4, 0.5) is 4.39 Å². The summed E-state index contributed by atoms with van der Waals surface area (Å²) in [6.45, 7) is 0.745. The molecule has 4 rings (SSSR count). The highest BCUT2D eigenvalue weighted by molar-refractivity contribution is 6.14. The van der Waals surface area contributed by atoms with E-state index in [0.29, 0.717) is 31.2 Å². The van der Waals surface area contributed by atoms with Gasteiger partial charge in [-0.3, -0.25) is 4.79 Å². The lowest BCUT2D eigenvalue weighted by atomic mass is 9.89. The second-order valence-corrected chi connectivity index (χ2v) is 8.96. The number of nitrogens with zero attached hydrogens (tertiary/aromatic N) is 3. The van der Waals surface area contributed by atoms with Crippen LogP contribution in [0.2, 0.25) is 0 Å². The molecule has 0 bridgehead atoms. The van der Waals surface area contributed by atoms with Gasteiger partial charge in [0, 0.05) is 12.6 Å². The van der Waals surface area contributed by atoms with E-state index >= 15 is 0 Å². The van der Waals surface area contributed by atoms with Gasteiger partial charge in [-0.25, -0.2) is 8.81 Å². The largest absolute Gasteiger partial charge is 0.385 e. The van der Waals surface area contributed by atoms with E-state index in [4.69, 9.17) is 17.0 Å². The van der Waals surface area contributed by atoms with Gasteiger partial charge in [-0.15, -0.1) is 0 Å². The predicted molar refractivity (Wildman–Crippen MR) is 102 cm³/mol. The molecular formula is C21H25ClFN3O2. The van der Waals surface area contributed by atoms with Crippen LogP contribution in [0, 0.1) is 29.0 Å². The van der Waals surface area contributed by atoms with Gasteiger partial charge in [0.2, 0.25) is 5.91 Å². The molecule has 28 heavy (non-hydrogen) atoms. The molecule has 1 aromatic carbocycles. The van der Waals surface area contributed by atoms with Crippen molar-refractivity contribution in [2.24, 2.45) is 11.8 Å². The number of aliphatic hydroxyl groups is 1. The molecule has 1 aliphatic heterocycles. The van der Waals surface area contributed by atoms with Gasteiger partial charge in [0.15, 0.2) is 0 Å². The third kappa shape index (κ3) is 3.63. The van der Waals surface area contributed by atoms with Crippen molar-refractivity contribution in [3.63, 3.8) is 0 Å². The average molecular weight is 406 g/mol. The first kappa shape index (κ1) is 19.6. The van der Waals surface area contributed by atoms with Gasteiger partial charge in [0.05, 0.1) is 18.2 Å². The first-order chi connectivity index (χ1) is 13.4. The van der Waals surface area contributed by atoms with E-state index in [2.05, 4.69) is 6.07 Å². The van der Waals surface area contributed by atoms with Crippen molar-refractivity contribution in [1.82, 2.24) is 9.32 Å². The van der Waals surface area contributed by atoms with Gasteiger partial charge in [0.25, 0.3) is 0 Å². The van der Waals surface area contributed by atoms with E-state index in [0.717, 1.165) is 31.2 Å². The number of hydrogen-bond acceptors (Lipinski definition) is 4. The molecule has 1 saturated heterocycles. The quantitative estimate of drug-likeness (QED) is 0.781. The van der Waals surface area contributed by atoms with E-state index in [1.54, 1.807) is 21.5 Å². The highest BCUT2D eigenvalue weighted by Crippen LogP contribution is 2.53. The molecule has 3 fully saturated rings. The third-order valence-electron chi connectivity index (χ3n) is 6.80. The van der Waals surface area contributed by atoms with Crippen LogP contribution in [-0.4, -0.2) is 45.5 Å². The van der Waals surface area contributed by atoms with Gasteiger partial charge in [-0.05, 0) is 79.8 Å². The molecule has 1 heterocycles. The molecule has 1 unspecified atom stereocenters. The van der Waals surface area contributed by atoms with Crippen LogP contribution >= 0.6 is 11.8 Å². The number of nitriles is 1. The third-order valence-corrected chi connectivity index (χ3v) is 7.20. The fraction of sp³-hybridized carbons (Fsp3) is 0.619. The lowest BCUT2D eigenvalue weighted by Gasteiger charge is -2.28. The Morgan fingerprint density at radius 2 is 1.96 bits per heavy atom. The van der Waals surface area contributed by atoms with Gasteiger partial charge < -0.3 is 10.0 Å². The summed E-state index contributed by atoms with van der Waals surface area (Å²) in [7, 11) is 0. The van der Waals surface area contributed by atoms with E-state index < -0.39 is 5.60 Å². The van der Waals surface area contributed by atoms with E-state index in [-0.39, 0.29) is 30.4 Å². The molecule has 1 amide bonds. The maximum absolute atomic E-state index is 13.2. The zero-order valence-electron chi connectivity index (χ0n) is 15.7. The van der Waals surface area contributed by atoms with Crippen LogP contribution < -0.4 is 0 Å². The molecule has 5 nitrogen and oxygen atoms in total. The van der Waals surface area contributed by atoms with Gasteiger partial charge in [-0.1, -0.05) is 12.1 Å². The first-order valence-electron chi connectivity index (χ1n) is 9.99. The second-order valence-electron chi connectivity index (χ2n) is 8.52. The highest BCUT2D eigenvalue weighted by atomic mass is 35.5. The summed E-state index contributed by atoms with van der Waals surface area (Å²) in [5.41, 5.74) is -0.134. The Morgan fingerprint density at radius 3 is 2.57 bits per heavy atom. The van der Waals surface area contributed by atoms with Gasteiger partial charge >= 0.3 is 0 Å². The number of hydrogen-bond donors (Lipinski definition) is 1. The topological polar surface area (TPSA) is 67.6 Å². The van der Waals surface area contributed by atoms with Gasteiger partial charge in [0.1, 0.15) is 11.9 Å². The number of carbonyl (C=O) groups is 1. The molecule has 0 spiro atoms. The Hall–Kier alpha value is -1.68. The molecule has 150 valence electrons. The number of fused-ring (bicyclic) bond motifs is 1. The van der Waals surface area contributed by atoms with E-state index in [1.807, 2.05) is 0 Å². The van der Waals surface area contributed by atoms with Crippen molar-refractivity contribution < 1.29 is 14.3 Å². The molecule has 3 aliphatic rings. The van der Waals surface area contributed by atoms with Crippen molar-refractivity contribution in [2.45, 2.75) is 56.2 Å². The summed E-state index contributed by atoms with van der Waals surface area (Å²) >= 11 is 6.47. The van der Waals surface area contributed by atoms with Crippen LogP contribution in [0.3, 0.4) is 0 Å². The summed E-state index contributed by atoms with van der Waals surface area (Å²) in [6, 6.07) is 8.08. The van der Waals surface area contributed by atoms with Crippen LogP contribution in [0.15, 0.2) is 24.3 Å². The zero-order chi connectivity index (χ0) is 19.9. The Balaban J connectivity index is 1.34. The maximum atomic E-state index is 13.2. The normalized spacial score (nSPS) is 34.6. The molecule has 1 N–H and O–H groups in total. The molecule has 5 atom stereocenters. The lowest BCUT2D eigenvalue weighted by Crippen LogP contribution is -2.42. The summed E-state index contributed by atoms with van der Waals surface area (Å²) < 4.78 is 14.8. The van der Waals surface area contributed by atoms with Gasteiger partial charge in [-0.2, -0.15) is 5.26 Å². The number of amides is 1. The predicted octanol–water partition coefficient (Wildman–Crippen LogP) is 3.17. The van der Waals surface area contributed by atoms with Crippen molar-refractivity contribution in [3.8, 4) is 6.07 Å². The lowest BCUT2D eigenvalue weighted by molar-refractivity contribution is -0.131. The Morgan fingerprint density at radius 1 is 1.32 bits per heavy atom. The molecule has 2 saturated carbocycles. The van der Waals surface area contributed by atoms with Crippen LogP contribution in [-0.2, 0) is 10.4 Å². The minimum Gasteiger partial charge on any atom is -0.385 e. The molecule has 0 radical (unpaired) electrons. The zero-order valence-corrected chi connectivity index (χ0v) is 16.5. The van der Waals surface area contributed by atoms with Crippen molar-refractivity contribution in [3.05, 3.63) is 35.6 Å². The van der Waals surface area contributed by atoms with Crippen molar-refractivity contribution in [1.29, 1.82) is 5.26 Å². The van der Waals surface area contributed by atoms with Crippen molar-refractivity contribution >= 4 is 17.7 Å². The second kappa shape index (κ2) is 7.62. The van der Waals surface area contributed by atoms with E-state index in [9.17, 15) is 14.3 Å². The fourth-order valence-corrected chi connectivity index (χ4v) is 5.67. The number of carbonyl (C=O) groups excluding carboxylic acids is 1. The smallest absolute Gasteiger partial charge is 0.239 e. The van der Waals surface area contributed by atoms with Crippen LogP contribution in [0.1, 0.15) is 44.1 Å². The average Bonchev–Trinajstić information content (AvgIpc) is 3.35. The molecular weight excluding hydrogens is 381 g/mol. The highest BCUT2D eigenvalue weighted by Gasteiger charge is 2.50. The summed E-state index contributed by atoms with van der Waals surface area (Å²) in [4.78, 5) is 14.2. The molecule has 2 aliphatic carbocycles. The Labute approximate surface area is 169 Å². The number of likely N-dealkylation sites (tertiary alicyclic amines) is 1. The molecule has 7 heteroatoms. The minimum absolute atomic E-state index is 0.0843. The van der Waals surface area contributed by atoms with E-state index in [1.165, 1.54) is 12.1 Å². The summed E-state index contributed by atoms with van der Waals surface area (Å²) in [5, 5.41) is 20.2.